The molecule has 0 saturated heterocycles. The minimum Gasteiger partial charge on any atom is -0.330 e. The first-order valence-electron chi connectivity index (χ1n) is 3.68. The Morgan fingerprint density at radius 2 is 2.50 bits per heavy atom. The molecule has 0 unspecified atom stereocenters. The molecule has 0 aliphatic heterocycles. The lowest BCUT2D eigenvalue weighted by Gasteiger charge is -1.86. The van der Waals surface area contributed by atoms with Crippen LogP contribution in [0.4, 0.5) is 0 Å². The summed E-state index contributed by atoms with van der Waals surface area (Å²) in [6, 6.07) is 0. The topological polar surface area (TPSA) is 54.5 Å². The van der Waals surface area contributed by atoms with Crippen molar-refractivity contribution in [3.8, 4) is 0 Å². The number of imidazole rings is 1. The highest BCUT2D eigenvalue weighted by atomic mass is 32.2. The molecule has 0 amide bonds. The van der Waals surface area contributed by atoms with Gasteiger partial charge in [-0.3, -0.25) is 0 Å². The van der Waals surface area contributed by atoms with Crippen LogP contribution in [-0.2, 0) is 0 Å². The first-order chi connectivity index (χ1) is 5.90. The van der Waals surface area contributed by atoms with Crippen molar-refractivity contribution in [3.05, 3.63) is 12.5 Å². The summed E-state index contributed by atoms with van der Waals surface area (Å²) in [6.45, 7) is 2.09. The molecule has 0 spiro atoms. The van der Waals surface area contributed by atoms with Crippen molar-refractivity contribution >= 4 is 22.9 Å². The van der Waals surface area contributed by atoms with Gasteiger partial charge in [-0.1, -0.05) is 18.7 Å². The lowest BCUT2D eigenvalue weighted by molar-refractivity contribution is 1.07. The summed E-state index contributed by atoms with van der Waals surface area (Å²) < 4.78 is 0. The quantitative estimate of drug-likeness (QED) is 0.711. The highest BCUT2D eigenvalue weighted by molar-refractivity contribution is 7.99. The van der Waals surface area contributed by atoms with Crippen LogP contribution in [0.3, 0.4) is 0 Å². The number of nitrogens with zero attached hydrogens (tertiary/aromatic N) is 3. The second-order valence-corrected chi connectivity index (χ2v) is 3.49. The molecule has 0 aliphatic rings. The number of nitrogens with one attached hydrogen (secondary N) is 1. The number of rotatable bonds is 2. The Hall–Kier alpha value is -1.10. The summed E-state index contributed by atoms with van der Waals surface area (Å²) in [5.74, 6) is 1.01. The Bertz CT molecular complexity index is 351. The zero-order valence-corrected chi connectivity index (χ0v) is 7.43. The van der Waals surface area contributed by atoms with Gasteiger partial charge in [0.2, 0.25) is 0 Å². The molecule has 0 aliphatic carbocycles. The number of hydrogen-bond donors (Lipinski definition) is 1. The second-order valence-electron chi connectivity index (χ2n) is 2.23. The molecule has 0 saturated carbocycles. The smallest absolute Gasteiger partial charge is 0.181 e. The van der Waals surface area contributed by atoms with Gasteiger partial charge >= 0.3 is 0 Å². The van der Waals surface area contributed by atoms with Crippen molar-refractivity contribution in [2.24, 2.45) is 0 Å². The SMILES string of the molecule is CCSc1nc2ncncc2[nH]1. The number of hydrogen-bond acceptors (Lipinski definition) is 4. The van der Waals surface area contributed by atoms with Crippen LogP contribution in [0.1, 0.15) is 6.92 Å². The highest BCUT2D eigenvalue weighted by Crippen LogP contribution is 2.16. The van der Waals surface area contributed by atoms with Gasteiger partial charge in [0.15, 0.2) is 10.8 Å². The fourth-order valence-electron chi connectivity index (χ4n) is 0.945. The third-order valence-corrected chi connectivity index (χ3v) is 2.18. The largest absolute Gasteiger partial charge is 0.330 e. The maximum Gasteiger partial charge on any atom is 0.181 e. The van der Waals surface area contributed by atoms with Gasteiger partial charge in [-0.25, -0.2) is 15.0 Å². The van der Waals surface area contributed by atoms with Gasteiger partial charge in [0.25, 0.3) is 0 Å². The van der Waals surface area contributed by atoms with Crippen LogP contribution in [0.5, 0.6) is 0 Å². The normalized spacial score (nSPS) is 10.8. The van der Waals surface area contributed by atoms with Crippen molar-refractivity contribution in [2.75, 3.05) is 5.75 Å². The Kier molecular flexibility index (Phi) is 1.95. The molecule has 0 fully saturated rings. The van der Waals surface area contributed by atoms with Gasteiger partial charge in [-0.15, -0.1) is 0 Å². The van der Waals surface area contributed by atoms with Crippen molar-refractivity contribution in [1.82, 2.24) is 19.9 Å². The predicted octanol–water partition coefficient (Wildman–Crippen LogP) is 1.46. The molecule has 4 nitrogen and oxygen atoms in total. The summed E-state index contributed by atoms with van der Waals surface area (Å²) >= 11 is 1.67. The molecular formula is C7H8N4S. The standard InChI is InChI=1S/C7H8N4S/c1-2-12-7-10-5-3-8-4-9-6(5)11-7/h3-4H,2H2,1H3,(H,8,9,10,11). The number of fused-ring (bicyclic) bond motifs is 1. The number of aromatic nitrogens is 4. The maximum absolute atomic E-state index is 4.26. The van der Waals surface area contributed by atoms with Crippen LogP contribution in [0.15, 0.2) is 17.7 Å². The number of H-pyrrole nitrogens is 1. The summed E-state index contributed by atoms with van der Waals surface area (Å²) in [7, 11) is 0. The van der Waals surface area contributed by atoms with Crippen LogP contribution in [0.25, 0.3) is 11.2 Å². The molecule has 2 aromatic rings. The molecule has 12 heavy (non-hydrogen) atoms. The molecule has 0 bridgehead atoms. The van der Waals surface area contributed by atoms with E-state index in [9.17, 15) is 0 Å². The number of aromatic amines is 1. The molecule has 62 valence electrons. The molecule has 2 heterocycles. The van der Waals surface area contributed by atoms with E-state index in [4.69, 9.17) is 0 Å². The lowest BCUT2D eigenvalue weighted by Crippen LogP contribution is -1.76. The van der Waals surface area contributed by atoms with Gasteiger partial charge in [0.05, 0.1) is 6.20 Å². The summed E-state index contributed by atoms with van der Waals surface area (Å²) in [4.78, 5) is 15.3. The monoisotopic (exact) mass is 180 g/mol. The van der Waals surface area contributed by atoms with Gasteiger partial charge in [0, 0.05) is 0 Å². The second kappa shape index (κ2) is 3.10. The van der Waals surface area contributed by atoms with Crippen LogP contribution in [0, 0.1) is 0 Å². The van der Waals surface area contributed by atoms with Crippen molar-refractivity contribution in [2.45, 2.75) is 12.1 Å². The predicted molar refractivity (Wildman–Crippen MR) is 48.1 cm³/mol. The summed E-state index contributed by atoms with van der Waals surface area (Å²) in [5, 5.41) is 0.910. The van der Waals surface area contributed by atoms with Crippen LogP contribution in [0.2, 0.25) is 0 Å². The van der Waals surface area contributed by atoms with E-state index in [2.05, 4.69) is 26.9 Å². The average Bonchev–Trinajstić information content (AvgIpc) is 2.47. The Morgan fingerprint density at radius 3 is 3.25 bits per heavy atom. The third kappa shape index (κ3) is 1.27. The van der Waals surface area contributed by atoms with Gasteiger partial charge in [-0.05, 0) is 5.75 Å². The average molecular weight is 180 g/mol. The van der Waals surface area contributed by atoms with E-state index in [0.29, 0.717) is 0 Å². The molecular weight excluding hydrogens is 172 g/mol. The van der Waals surface area contributed by atoms with E-state index in [1.54, 1.807) is 18.0 Å². The maximum atomic E-state index is 4.26. The minimum atomic E-state index is 0.737. The first kappa shape index (κ1) is 7.54. The van der Waals surface area contributed by atoms with Gasteiger partial charge in [-0.2, -0.15) is 0 Å². The Balaban J connectivity index is 2.47. The Labute approximate surface area is 73.8 Å². The van der Waals surface area contributed by atoms with Crippen LogP contribution in [-0.4, -0.2) is 25.7 Å². The summed E-state index contributed by atoms with van der Waals surface area (Å²) in [5.41, 5.74) is 1.63. The first-order valence-corrected chi connectivity index (χ1v) is 4.67. The van der Waals surface area contributed by atoms with E-state index in [0.717, 1.165) is 22.1 Å². The number of thioether (sulfide) groups is 1. The van der Waals surface area contributed by atoms with Gasteiger partial charge in [0.1, 0.15) is 11.8 Å². The van der Waals surface area contributed by atoms with Crippen LogP contribution >= 0.6 is 11.8 Å². The minimum absolute atomic E-state index is 0.737. The van der Waals surface area contributed by atoms with Crippen molar-refractivity contribution in [3.63, 3.8) is 0 Å². The van der Waals surface area contributed by atoms with E-state index < -0.39 is 0 Å². The fraction of sp³-hybridized carbons (Fsp3) is 0.286. The highest BCUT2D eigenvalue weighted by Gasteiger charge is 2.01. The van der Waals surface area contributed by atoms with Crippen LogP contribution < -0.4 is 0 Å². The third-order valence-electron chi connectivity index (χ3n) is 1.42. The van der Waals surface area contributed by atoms with E-state index in [1.807, 2.05) is 0 Å². The Morgan fingerprint density at radius 1 is 1.58 bits per heavy atom. The molecule has 2 rings (SSSR count). The molecule has 0 atom stereocenters. The van der Waals surface area contributed by atoms with E-state index in [1.165, 1.54) is 6.33 Å². The fourth-order valence-corrected chi connectivity index (χ4v) is 1.55. The molecule has 0 radical (unpaired) electrons. The van der Waals surface area contributed by atoms with Crippen molar-refractivity contribution < 1.29 is 0 Å². The molecule has 1 N–H and O–H groups in total. The van der Waals surface area contributed by atoms with Crippen molar-refractivity contribution in [1.29, 1.82) is 0 Å². The summed E-state index contributed by atoms with van der Waals surface area (Å²) in [6.07, 6.45) is 3.23. The molecule has 0 aromatic carbocycles. The molecule has 2 aromatic heterocycles. The molecule has 5 heteroatoms. The lowest BCUT2D eigenvalue weighted by atomic mass is 10.6. The van der Waals surface area contributed by atoms with Gasteiger partial charge < -0.3 is 4.98 Å². The van der Waals surface area contributed by atoms with E-state index >= 15 is 0 Å². The van der Waals surface area contributed by atoms with E-state index in [-0.39, 0.29) is 0 Å². The zero-order chi connectivity index (χ0) is 8.39. The zero-order valence-electron chi connectivity index (χ0n) is 6.61.